The molecule has 0 saturated carbocycles. The molecular formula is C15H26N2O3S. The van der Waals surface area contributed by atoms with Gasteiger partial charge in [0.1, 0.15) is 5.75 Å². The van der Waals surface area contributed by atoms with Gasteiger partial charge in [-0.1, -0.05) is 18.2 Å². The van der Waals surface area contributed by atoms with Crippen LogP contribution in [0.3, 0.4) is 0 Å². The highest BCUT2D eigenvalue weighted by molar-refractivity contribution is 7.89. The molecule has 0 bridgehead atoms. The highest BCUT2D eigenvalue weighted by Gasteiger charge is 2.23. The number of sulfonamides is 1. The van der Waals surface area contributed by atoms with E-state index in [9.17, 15) is 8.42 Å². The molecule has 1 atom stereocenters. The number of hydrogen-bond acceptors (Lipinski definition) is 4. The van der Waals surface area contributed by atoms with Gasteiger partial charge in [0.15, 0.2) is 0 Å². The molecule has 0 aliphatic rings. The summed E-state index contributed by atoms with van der Waals surface area (Å²) in [5, 5.41) is 2.96. The molecule has 21 heavy (non-hydrogen) atoms. The van der Waals surface area contributed by atoms with Crippen molar-refractivity contribution >= 4 is 10.0 Å². The van der Waals surface area contributed by atoms with Crippen LogP contribution >= 0.6 is 0 Å². The maximum atomic E-state index is 12.3. The van der Waals surface area contributed by atoms with Gasteiger partial charge in [-0.05, 0) is 45.0 Å². The second kappa shape index (κ2) is 8.36. The minimum absolute atomic E-state index is 0.110. The maximum Gasteiger partial charge on any atom is 0.214 e. The summed E-state index contributed by atoms with van der Waals surface area (Å²) in [7, 11) is 1.88. The van der Waals surface area contributed by atoms with E-state index in [1.165, 1.54) is 4.31 Å². The van der Waals surface area contributed by atoms with Gasteiger partial charge in [-0.3, -0.25) is 0 Å². The lowest BCUT2D eigenvalue weighted by Gasteiger charge is -2.25. The number of ether oxygens (including phenoxy) is 1. The first-order valence-corrected chi connectivity index (χ1v) is 8.75. The molecule has 0 aliphatic carbocycles. The van der Waals surface area contributed by atoms with Crippen molar-refractivity contribution in [2.45, 2.75) is 25.8 Å². The molecule has 1 aromatic carbocycles. The van der Waals surface area contributed by atoms with Crippen molar-refractivity contribution < 1.29 is 13.2 Å². The summed E-state index contributed by atoms with van der Waals surface area (Å²) in [4.78, 5) is 0. The summed E-state index contributed by atoms with van der Waals surface area (Å²) in [5.74, 6) is 0.964. The Bertz CT molecular complexity index is 531. The molecule has 6 heteroatoms. The summed E-state index contributed by atoms with van der Waals surface area (Å²) in [6.07, 6.45) is 1.25. The third kappa shape index (κ3) is 5.30. The lowest BCUT2D eigenvalue weighted by molar-refractivity contribution is 0.373. The van der Waals surface area contributed by atoms with Crippen molar-refractivity contribution in [1.29, 1.82) is 0 Å². The summed E-state index contributed by atoms with van der Waals surface area (Å²) in [5.41, 5.74) is 1.02. The molecule has 1 N–H and O–H groups in total. The van der Waals surface area contributed by atoms with Crippen LogP contribution in [-0.2, 0) is 16.4 Å². The Balaban J connectivity index is 2.71. The summed E-state index contributed by atoms with van der Waals surface area (Å²) in [6, 6.07) is 7.60. The van der Waals surface area contributed by atoms with E-state index in [1.54, 1.807) is 14.2 Å². The van der Waals surface area contributed by atoms with E-state index < -0.39 is 10.0 Å². The number of rotatable bonds is 9. The molecule has 120 valence electrons. The molecular weight excluding hydrogens is 288 g/mol. The van der Waals surface area contributed by atoms with E-state index >= 15 is 0 Å². The number of methoxy groups -OCH3 is 1. The largest absolute Gasteiger partial charge is 0.496 e. The molecule has 1 aromatic rings. The molecule has 0 aliphatic heterocycles. The fourth-order valence-corrected chi connectivity index (χ4v) is 3.59. The van der Waals surface area contributed by atoms with Gasteiger partial charge in [-0.25, -0.2) is 12.7 Å². The zero-order chi connectivity index (χ0) is 15.9. The number of nitrogens with one attached hydrogen (secondary N) is 1. The van der Waals surface area contributed by atoms with Crippen LogP contribution < -0.4 is 10.1 Å². The average Bonchev–Trinajstić information content (AvgIpc) is 2.47. The van der Waals surface area contributed by atoms with Crippen LogP contribution in [0.15, 0.2) is 24.3 Å². The zero-order valence-corrected chi connectivity index (χ0v) is 14.1. The van der Waals surface area contributed by atoms with Gasteiger partial charge >= 0.3 is 0 Å². The first-order valence-electron chi connectivity index (χ1n) is 7.14. The zero-order valence-electron chi connectivity index (χ0n) is 13.3. The Morgan fingerprint density at radius 2 is 2.00 bits per heavy atom. The lowest BCUT2D eigenvalue weighted by Crippen LogP contribution is -2.38. The van der Waals surface area contributed by atoms with Crippen molar-refractivity contribution in [3.63, 3.8) is 0 Å². The quantitative estimate of drug-likeness (QED) is 0.702. The van der Waals surface area contributed by atoms with Crippen LogP contribution in [-0.4, -0.2) is 52.3 Å². The van der Waals surface area contributed by atoms with Gasteiger partial charge in [0.05, 0.1) is 12.9 Å². The molecule has 0 saturated heterocycles. The maximum absolute atomic E-state index is 12.3. The summed E-state index contributed by atoms with van der Waals surface area (Å²) in [6.45, 7) is 2.62. The van der Waals surface area contributed by atoms with Gasteiger partial charge < -0.3 is 10.1 Å². The minimum atomic E-state index is -3.22. The molecule has 5 nitrogen and oxygen atoms in total. The number of benzene rings is 1. The number of para-hydroxylation sites is 1. The van der Waals surface area contributed by atoms with Crippen LogP contribution in [0, 0.1) is 0 Å². The number of hydrogen-bond donors (Lipinski definition) is 1. The highest BCUT2D eigenvalue weighted by atomic mass is 32.2. The Kier molecular flexibility index (Phi) is 7.14. The first kappa shape index (κ1) is 17.9. The molecule has 0 amide bonds. The fraction of sp³-hybridized carbons (Fsp3) is 0.600. The van der Waals surface area contributed by atoms with Crippen LogP contribution in [0.4, 0.5) is 0 Å². The molecule has 1 rings (SSSR count). The monoisotopic (exact) mass is 314 g/mol. The summed E-state index contributed by atoms with van der Waals surface area (Å²) < 4.78 is 31.3. The van der Waals surface area contributed by atoms with Gasteiger partial charge in [0, 0.05) is 13.1 Å². The molecule has 0 spiro atoms. The molecule has 1 unspecified atom stereocenters. The van der Waals surface area contributed by atoms with Crippen molar-refractivity contribution in [2.75, 3.05) is 33.5 Å². The van der Waals surface area contributed by atoms with Crippen LogP contribution in [0.2, 0.25) is 0 Å². The van der Waals surface area contributed by atoms with Gasteiger partial charge in [0.25, 0.3) is 0 Å². The van der Waals surface area contributed by atoms with Crippen LogP contribution in [0.25, 0.3) is 0 Å². The predicted molar refractivity (Wildman–Crippen MR) is 86.3 cm³/mol. The van der Waals surface area contributed by atoms with E-state index in [1.807, 2.05) is 38.2 Å². The minimum Gasteiger partial charge on any atom is -0.496 e. The van der Waals surface area contributed by atoms with E-state index in [-0.39, 0.29) is 11.8 Å². The van der Waals surface area contributed by atoms with Gasteiger partial charge in [0.2, 0.25) is 10.0 Å². The highest BCUT2D eigenvalue weighted by Crippen LogP contribution is 2.21. The molecule has 0 aromatic heterocycles. The second-order valence-electron chi connectivity index (χ2n) is 5.15. The van der Waals surface area contributed by atoms with E-state index in [0.29, 0.717) is 19.4 Å². The standard InChI is InChI=1S/C15H26N2O3S/c1-13(12-14-8-5-6-9-15(14)20-4)17(3)21(18,19)11-7-10-16-2/h5-6,8-9,13,16H,7,10-12H2,1-4H3. The van der Waals surface area contributed by atoms with E-state index in [2.05, 4.69) is 5.32 Å². The Hall–Kier alpha value is -1.11. The Morgan fingerprint density at radius 3 is 2.62 bits per heavy atom. The van der Waals surface area contributed by atoms with E-state index in [4.69, 9.17) is 4.74 Å². The number of nitrogens with zero attached hydrogens (tertiary/aromatic N) is 1. The lowest BCUT2D eigenvalue weighted by atomic mass is 10.1. The molecule has 0 fully saturated rings. The Morgan fingerprint density at radius 1 is 1.33 bits per heavy atom. The first-order chi connectivity index (χ1) is 9.92. The van der Waals surface area contributed by atoms with Gasteiger partial charge in [-0.15, -0.1) is 0 Å². The third-order valence-corrected chi connectivity index (χ3v) is 5.64. The normalized spacial score (nSPS) is 13.4. The van der Waals surface area contributed by atoms with E-state index in [0.717, 1.165) is 11.3 Å². The second-order valence-corrected chi connectivity index (χ2v) is 7.30. The Labute approximate surface area is 128 Å². The van der Waals surface area contributed by atoms with Crippen molar-refractivity contribution in [2.24, 2.45) is 0 Å². The molecule has 0 heterocycles. The van der Waals surface area contributed by atoms with Crippen LogP contribution in [0.1, 0.15) is 18.9 Å². The average molecular weight is 314 g/mol. The van der Waals surface area contributed by atoms with Gasteiger partial charge in [-0.2, -0.15) is 0 Å². The SMILES string of the molecule is CNCCCS(=O)(=O)N(C)C(C)Cc1ccccc1OC. The smallest absolute Gasteiger partial charge is 0.214 e. The van der Waals surface area contributed by atoms with Crippen molar-refractivity contribution in [3.8, 4) is 5.75 Å². The topological polar surface area (TPSA) is 58.6 Å². The third-order valence-electron chi connectivity index (χ3n) is 3.60. The van der Waals surface area contributed by atoms with Crippen molar-refractivity contribution in [3.05, 3.63) is 29.8 Å². The summed E-state index contributed by atoms with van der Waals surface area (Å²) >= 11 is 0. The molecule has 0 radical (unpaired) electrons. The fourth-order valence-electron chi connectivity index (χ4n) is 2.17. The number of likely N-dealkylation sites (N-methyl/N-ethyl adjacent to an activating group) is 1. The van der Waals surface area contributed by atoms with Crippen molar-refractivity contribution in [1.82, 2.24) is 9.62 Å². The van der Waals surface area contributed by atoms with Crippen LogP contribution in [0.5, 0.6) is 5.75 Å². The predicted octanol–water partition coefficient (Wildman–Crippen LogP) is 1.50.